The number of aliphatic carboxylic acids is 1. The molecule has 1 unspecified atom stereocenters. The first-order valence-corrected chi connectivity index (χ1v) is 3.21. The van der Waals surface area contributed by atoms with E-state index in [0.717, 1.165) is 0 Å². The summed E-state index contributed by atoms with van der Waals surface area (Å²) in [7, 11) is 0. The Bertz CT molecular complexity index is 230. The number of rotatable bonds is 3. The summed E-state index contributed by atoms with van der Waals surface area (Å²) in [6, 6.07) is 1.08. The van der Waals surface area contributed by atoms with Gasteiger partial charge in [-0.15, -0.1) is 0 Å². The fraction of sp³-hybridized carbons (Fsp3) is 0.286. The zero-order valence-electron chi connectivity index (χ0n) is 6.07. The van der Waals surface area contributed by atoms with Gasteiger partial charge in [-0.2, -0.15) is 0 Å². The second-order valence-corrected chi connectivity index (χ2v) is 2.22. The molecule has 0 aromatic carbocycles. The summed E-state index contributed by atoms with van der Waals surface area (Å²) >= 11 is 0. The van der Waals surface area contributed by atoms with E-state index in [1.54, 1.807) is 13.0 Å². The molecule has 1 rings (SSSR count). The largest absolute Gasteiger partial charge is 0.480 e. The average Bonchev–Trinajstić information content (AvgIpc) is 2.39. The molecule has 4 heteroatoms. The molecular formula is C7H9NO3. The molecule has 0 aliphatic heterocycles. The molecule has 0 saturated carbocycles. The smallest absolute Gasteiger partial charge is 0.325 e. The van der Waals surface area contributed by atoms with Gasteiger partial charge in [0.1, 0.15) is 12.3 Å². The molecular weight excluding hydrogens is 146 g/mol. The molecule has 0 radical (unpaired) electrons. The van der Waals surface area contributed by atoms with Gasteiger partial charge in [-0.05, 0) is 13.0 Å². The van der Waals surface area contributed by atoms with Crippen molar-refractivity contribution in [1.82, 2.24) is 0 Å². The fourth-order valence-corrected chi connectivity index (χ4v) is 0.658. The van der Waals surface area contributed by atoms with Gasteiger partial charge in [0.15, 0.2) is 0 Å². The normalized spacial score (nSPS) is 12.5. The highest BCUT2D eigenvalue weighted by molar-refractivity contribution is 5.76. The van der Waals surface area contributed by atoms with Crippen molar-refractivity contribution in [2.75, 3.05) is 5.32 Å². The summed E-state index contributed by atoms with van der Waals surface area (Å²) in [6.07, 6.45) is 2.94. The lowest BCUT2D eigenvalue weighted by molar-refractivity contribution is -0.137. The number of furan rings is 1. The minimum atomic E-state index is -0.883. The molecule has 1 aromatic rings. The van der Waals surface area contributed by atoms with Gasteiger partial charge < -0.3 is 14.8 Å². The van der Waals surface area contributed by atoms with Crippen LogP contribution in [0.4, 0.5) is 5.69 Å². The first kappa shape index (κ1) is 7.65. The van der Waals surface area contributed by atoms with Crippen molar-refractivity contribution in [3.63, 3.8) is 0 Å². The Kier molecular flexibility index (Phi) is 2.15. The first-order chi connectivity index (χ1) is 5.20. The SMILES string of the molecule is CC(Nc1ccoc1)C(=O)O. The van der Waals surface area contributed by atoms with Gasteiger partial charge in [0.2, 0.25) is 0 Å². The van der Waals surface area contributed by atoms with Gasteiger partial charge in [-0.1, -0.05) is 0 Å². The van der Waals surface area contributed by atoms with Crippen molar-refractivity contribution in [1.29, 1.82) is 0 Å². The number of nitrogens with one attached hydrogen (secondary N) is 1. The summed E-state index contributed by atoms with van der Waals surface area (Å²) in [5.74, 6) is -0.883. The van der Waals surface area contributed by atoms with Gasteiger partial charge in [-0.25, -0.2) is 0 Å². The van der Waals surface area contributed by atoms with Crippen molar-refractivity contribution in [2.24, 2.45) is 0 Å². The van der Waals surface area contributed by atoms with Gasteiger partial charge in [0, 0.05) is 0 Å². The molecule has 0 saturated heterocycles. The Balaban J connectivity index is 2.50. The van der Waals surface area contributed by atoms with Crippen molar-refractivity contribution in [2.45, 2.75) is 13.0 Å². The van der Waals surface area contributed by atoms with Crippen LogP contribution in [0, 0.1) is 0 Å². The first-order valence-electron chi connectivity index (χ1n) is 3.21. The average molecular weight is 155 g/mol. The minimum absolute atomic E-state index is 0.590. The Morgan fingerprint density at radius 3 is 3.00 bits per heavy atom. The molecule has 1 atom stereocenters. The third kappa shape index (κ3) is 2.00. The molecule has 4 nitrogen and oxygen atoms in total. The van der Waals surface area contributed by atoms with Crippen LogP contribution in [0.25, 0.3) is 0 Å². The zero-order valence-corrected chi connectivity index (χ0v) is 6.07. The van der Waals surface area contributed by atoms with Crippen LogP contribution in [0.1, 0.15) is 6.92 Å². The maximum atomic E-state index is 10.3. The molecule has 2 N–H and O–H groups in total. The van der Waals surface area contributed by atoms with E-state index in [0.29, 0.717) is 5.69 Å². The van der Waals surface area contributed by atoms with E-state index in [1.807, 2.05) is 0 Å². The van der Waals surface area contributed by atoms with Crippen LogP contribution in [0.15, 0.2) is 23.0 Å². The molecule has 11 heavy (non-hydrogen) atoms. The van der Waals surface area contributed by atoms with Crippen LogP contribution in [0.2, 0.25) is 0 Å². The number of hydrogen-bond donors (Lipinski definition) is 2. The Morgan fingerprint density at radius 1 is 1.82 bits per heavy atom. The highest BCUT2D eigenvalue weighted by atomic mass is 16.4. The van der Waals surface area contributed by atoms with E-state index in [4.69, 9.17) is 9.52 Å². The molecule has 0 spiro atoms. The van der Waals surface area contributed by atoms with E-state index >= 15 is 0 Å². The zero-order chi connectivity index (χ0) is 8.27. The summed E-state index contributed by atoms with van der Waals surface area (Å²) in [4.78, 5) is 10.3. The third-order valence-electron chi connectivity index (χ3n) is 1.27. The number of hydrogen-bond acceptors (Lipinski definition) is 3. The fourth-order valence-electron chi connectivity index (χ4n) is 0.658. The van der Waals surface area contributed by atoms with Crippen molar-refractivity contribution >= 4 is 11.7 Å². The van der Waals surface area contributed by atoms with E-state index in [9.17, 15) is 4.79 Å². The van der Waals surface area contributed by atoms with Gasteiger partial charge in [0.25, 0.3) is 0 Å². The molecule has 0 aliphatic rings. The number of carboxylic acids is 1. The quantitative estimate of drug-likeness (QED) is 0.687. The summed E-state index contributed by atoms with van der Waals surface area (Å²) in [6.45, 7) is 1.56. The number of anilines is 1. The topological polar surface area (TPSA) is 62.5 Å². The minimum Gasteiger partial charge on any atom is -0.480 e. The highest BCUT2D eigenvalue weighted by Gasteiger charge is 2.09. The Morgan fingerprint density at radius 2 is 2.55 bits per heavy atom. The lowest BCUT2D eigenvalue weighted by atomic mass is 10.3. The van der Waals surface area contributed by atoms with Crippen LogP contribution >= 0.6 is 0 Å². The maximum absolute atomic E-state index is 10.3. The molecule has 1 aromatic heterocycles. The van der Waals surface area contributed by atoms with Crippen LogP contribution in [-0.4, -0.2) is 17.1 Å². The number of carbonyl (C=O) groups is 1. The number of carboxylic acid groups (broad SMARTS) is 1. The summed E-state index contributed by atoms with van der Waals surface area (Å²) in [5.41, 5.74) is 0.680. The predicted octanol–water partition coefficient (Wildman–Crippen LogP) is 1.16. The standard InChI is InChI=1S/C7H9NO3/c1-5(7(9)10)8-6-2-3-11-4-6/h2-5,8H,1H3,(H,9,10). The highest BCUT2D eigenvalue weighted by Crippen LogP contribution is 2.07. The van der Waals surface area contributed by atoms with Crippen LogP contribution < -0.4 is 5.32 Å². The summed E-state index contributed by atoms with van der Waals surface area (Å²) < 4.78 is 4.74. The lowest BCUT2D eigenvalue weighted by Gasteiger charge is -2.06. The van der Waals surface area contributed by atoms with E-state index < -0.39 is 12.0 Å². The van der Waals surface area contributed by atoms with Crippen LogP contribution in [0.5, 0.6) is 0 Å². The monoisotopic (exact) mass is 155 g/mol. The lowest BCUT2D eigenvalue weighted by Crippen LogP contribution is -2.24. The summed E-state index contributed by atoms with van der Waals surface area (Å²) in [5, 5.41) is 11.2. The molecule has 0 fully saturated rings. The maximum Gasteiger partial charge on any atom is 0.325 e. The Hall–Kier alpha value is -1.45. The molecule has 0 aliphatic carbocycles. The van der Waals surface area contributed by atoms with Gasteiger partial charge in [-0.3, -0.25) is 4.79 Å². The van der Waals surface area contributed by atoms with E-state index in [2.05, 4.69) is 5.32 Å². The van der Waals surface area contributed by atoms with Crippen LogP contribution in [0.3, 0.4) is 0 Å². The van der Waals surface area contributed by atoms with Crippen molar-refractivity contribution < 1.29 is 14.3 Å². The van der Waals surface area contributed by atoms with Crippen molar-refractivity contribution in [3.8, 4) is 0 Å². The van der Waals surface area contributed by atoms with E-state index in [-0.39, 0.29) is 0 Å². The van der Waals surface area contributed by atoms with Gasteiger partial charge >= 0.3 is 5.97 Å². The predicted molar refractivity (Wildman–Crippen MR) is 39.4 cm³/mol. The molecule has 0 amide bonds. The second kappa shape index (κ2) is 3.09. The second-order valence-electron chi connectivity index (χ2n) is 2.22. The van der Waals surface area contributed by atoms with Gasteiger partial charge in [0.05, 0.1) is 12.0 Å². The van der Waals surface area contributed by atoms with E-state index in [1.165, 1.54) is 12.5 Å². The third-order valence-corrected chi connectivity index (χ3v) is 1.27. The molecule has 60 valence electrons. The molecule has 0 bridgehead atoms. The molecule has 1 heterocycles. The van der Waals surface area contributed by atoms with Crippen molar-refractivity contribution in [3.05, 3.63) is 18.6 Å². The Labute approximate surface area is 63.8 Å². The van der Waals surface area contributed by atoms with Crippen LogP contribution in [-0.2, 0) is 4.79 Å².